The Morgan fingerprint density at radius 3 is 2.35 bits per heavy atom. The first-order valence-corrected chi connectivity index (χ1v) is 15.5. The number of aliphatic hydroxyl groups is 1. The van der Waals surface area contributed by atoms with Crippen LogP contribution >= 0.6 is 0 Å². The third-order valence-corrected chi connectivity index (χ3v) is 11.6. The van der Waals surface area contributed by atoms with Crippen molar-refractivity contribution in [2.75, 3.05) is 20.3 Å². The van der Waals surface area contributed by atoms with Crippen LogP contribution in [0.4, 0.5) is 4.79 Å². The molecule has 2 aromatic rings. The molecule has 202 valence electrons. The molecule has 37 heavy (non-hydrogen) atoms. The summed E-state index contributed by atoms with van der Waals surface area (Å²) in [5.74, 6) is 0.281. The molecule has 3 rings (SSSR count). The normalized spacial score (nSPS) is 19.0. The fourth-order valence-electron chi connectivity index (χ4n) is 3.80. The maximum atomic E-state index is 13.3. The van der Waals surface area contributed by atoms with Crippen LogP contribution in [0.15, 0.2) is 54.6 Å². The van der Waals surface area contributed by atoms with Crippen molar-refractivity contribution in [3.8, 4) is 5.75 Å². The van der Waals surface area contributed by atoms with Gasteiger partial charge in [0, 0.05) is 12.0 Å². The highest BCUT2D eigenvalue weighted by Crippen LogP contribution is 2.37. The Morgan fingerprint density at radius 2 is 1.76 bits per heavy atom. The van der Waals surface area contributed by atoms with Crippen molar-refractivity contribution in [2.45, 2.75) is 70.2 Å². The summed E-state index contributed by atoms with van der Waals surface area (Å²) in [6.45, 7) is 11.1. The van der Waals surface area contributed by atoms with Crippen molar-refractivity contribution in [1.29, 1.82) is 0 Å². The number of carbonyl (C=O) groups is 2. The van der Waals surface area contributed by atoms with Crippen molar-refractivity contribution >= 4 is 20.3 Å². The Balaban J connectivity index is 1.71. The summed E-state index contributed by atoms with van der Waals surface area (Å²) < 4.78 is 22.8. The van der Waals surface area contributed by atoms with E-state index in [2.05, 4.69) is 33.9 Å². The Hall–Kier alpha value is -2.72. The summed E-state index contributed by atoms with van der Waals surface area (Å²) in [5, 5.41) is 10.9. The van der Waals surface area contributed by atoms with E-state index in [4.69, 9.17) is 18.6 Å². The SMILES string of the molecule is COc1ccc(COC[C@@H]2OC(=O)N(C(=O)c3ccccc3)[C@H]2C[C@H](O)CO[Si](C)(C)C(C)(C)C)cc1. The predicted octanol–water partition coefficient (Wildman–Crippen LogP) is 5.01. The van der Waals surface area contributed by atoms with Crippen molar-refractivity contribution < 1.29 is 33.3 Å². The van der Waals surface area contributed by atoms with Crippen LogP contribution in [-0.4, -0.2) is 68.9 Å². The van der Waals surface area contributed by atoms with E-state index in [0.29, 0.717) is 12.2 Å². The molecule has 0 unspecified atom stereocenters. The van der Waals surface area contributed by atoms with Gasteiger partial charge in [0.1, 0.15) is 11.9 Å². The summed E-state index contributed by atoms with van der Waals surface area (Å²) in [7, 11) is -0.478. The first kappa shape index (κ1) is 28.8. The van der Waals surface area contributed by atoms with Crippen LogP contribution in [0.1, 0.15) is 43.1 Å². The first-order chi connectivity index (χ1) is 17.4. The van der Waals surface area contributed by atoms with Crippen LogP contribution in [0.25, 0.3) is 0 Å². The number of aliphatic hydroxyl groups excluding tert-OH is 1. The number of imide groups is 1. The molecule has 1 saturated heterocycles. The van der Waals surface area contributed by atoms with Gasteiger partial charge in [-0.05, 0) is 48.0 Å². The Labute approximate surface area is 220 Å². The fraction of sp³-hybridized carbons (Fsp3) is 0.500. The second kappa shape index (κ2) is 12.2. The minimum absolute atomic E-state index is 0.00764. The van der Waals surface area contributed by atoms with Gasteiger partial charge in [0.15, 0.2) is 8.32 Å². The van der Waals surface area contributed by atoms with Crippen LogP contribution in [0.2, 0.25) is 18.1 Å². The molecule has 8 nitrogen and oxygen atoms in total. The molecule has 2 aromatic carbocycles. The lowest BCUT2D eigenvalue weighted by molar-refractivity contribution is 0.0113. The minimum Gasteiger partial charge on any atom is -0.497 e. The topological polar surface area (TPSA) is 94.5 Å². The number of hydrogen-bond donors (Lipinski definition) is 1. The fourth-order valence-corrected chi connectivity index (χ4v) is 4.85. The van der Waals surface area contributed by atoms with Crippen molar-refractivity contribution in [1.82, 2.24) is 4.90 Å². The van der Waals surface area contributed by atoms with Gasteiger partial charge in [-0.15, -0.1) is 0 Å². The zero-order chi connectivity index (χ0) is 27.2. The minimum atomic E-state index is -2.08. The molecule has 1 heterocycles. The molecule has 0 bridgehead atoms. The number of hydrogen-bond acceptors (Lipinski definition) is 7. The maximum Gasteiger partial charge on any atom is 0.417 e. The maximum absolute atomic E-state index is 13.3. The first-order valence-electron chi connectivity index (χ1n) is 12.5. The van der Waals surface area contributed by atoms with E-state index in [1.807, 2.05) is 24.3 Å². The smallest absolute Gasteiger partial charge is 0.417 e. The Bertz CT molecular complexity index is 1040. The molecule has 3 atom stereocenters. The molecule has 1 fully saturated rings. The number of methoxy groups -OCH3 is 1. The summed E-state index contributed by atoms with van der Waals surface area (Å²) in [5.41, 5.74) is 1.30. The number of nitrogens with zero attached hydrogens (tertiary/aromatic N) is 1. The number of amides is 2. The third-order valence-electron chi connectivity index (χ3n) is 7.12. The number of ether oxygens (including phenoxy) is 3. The summed E-state index contributed by atoms with van der Waals surface area (Å²) >= 11 is 0. The van der Waals surface area contributed by atoms with Crippen LogP contribution in [0, 0.1) is 0 Å². The Kier molecular flexibility index (Phi) is 9.52. The number of carbonyl (C=O) groups excluding carboxylic acids is 2. The molecule has 0 aliphatic carbocycles. The van der Waals surface area contributed by atoms with Crippen LogP contribution < -0.4 is 4.74 Å². The summed E-state index contributed by atoms with van der Waals surface area (Å²) in [4.78, 5) is 27.2. The average Bonchev–Trinajstić information content (AvgIpc) is 3.17. The second-order valence-corrected chi connectivity index (χ2v) is 15.7. The molecule has 2 amide bonds. The molecular weight excluding hydrogens is 490 g/mol. The van der Waals surface area contributed by atoms with Gasteiger partial charge in [0.05, 0.1) is 39.1 Å². The highest BCUT2D eigenvalue weighted by atomic mass is 28.4. The van der Waals surface area contributed by atoms with Crippen molar-refractivity contribution in [3.05, 3.63) is 65.7 Å². The van der Waals surface area contributed by atoms with Gasteiger partial charge in [0.25, 0.3) is 5.91 Å². The van der Waals surface area contributed by atoms with Crippen LogP contribution in [0.3, 0.4) is 0 Å². The predicted molar refractivity (Wildman–Crippen MR) is 143 cm³/mol. The van der Waals surface area contributed by atoms with Crippen LogP contribution in [0.5, 0.6) is 5.75 Å². The van der Waals surface area contributed by atoms with Gasteiger partial charge in [-0.25, -0.2) is 9.69 Å². The third kappa shape index (κ3) is 7.41. The van der Waals surface area contributed by atoms with Gasteiger partial charge in [-0.2, -0.15) is 0 Å². The van der Waals surface area contributed by atoms with Gasteiger partial charge >= 0.3 is 6.09 Å². The quantitative estimate of drug-likeness (QED) is 0.409. The number of benzene rings is 2. The standard InChI is InChI=1S/C28H39NO7Si/c1-28(2,3)37(5,6)35-18-22(30)16-24-25(19-34-17-20-12-14-23(33-4)15-13-20)36-27(32)29(24)26(31)21-10-8-7-9-11-21/h7-15,22,24-25,30H,16-19H2,1-6H3/t22-,24-,25-/m0/s1. The molecule has 1 aliphatic heterocycles. The number of cyclic esters (lactones) is 1. The molecular formula is C28H39NO7Si. The highest BCUT2D eigenvalue weighted by molar-refractivity contribution is 6.74. The van der Waals surface area contributed by atoms with Gasteiger partial charge in [-0.3, -0.25) is 4.79 Å². The molecule has 0 spiro atoms. The lowest BCUT2D eigenvalue weighted by atomic mass is 10.0. The van der Waals surface area contributed by atoms with E-state index in [1.54, 1.807) is 37.4 Å². The molecule has 0 aromatic heterocycles. The van der Waals surface area contributed by atoms with Crippen molar-refractivity contribution in [2.24, 2.45) is 0 Å². The van der Waals surface area contributed by atoms with E-state index >= 15 is 0 Å². The van der Waals surface area contributed by atoms with Gasteiger partial charge < -0.3 is 23.7 Å². The van der Waals surface area contributed by atoms with E-state index in [0.717, 1.165) is 16.2 Å². The monoisotopic (exact) mass is 529 g/mol. The van der Waals surface area contributed by atoms with Crippen LogP contribution in [-0.2, 0) is 20.5 Å². The van der Waals surface area contributed by atoms with E-state index < -0.39 is 38.6 Å². The number of rotatable bonds is 11. The second-order valence-electron chi connectivity index (χ2n) is 10.9. The van der Waals surface area contributed by atoms with Crippen molar-refractivity contribution in [3.63, 3.8) is 0 Å². The molecule has 1 N–H and O–H groups in total. The molecule has 0 radical (unpaired) electrons. The van der Waals surface area contributed by atoms with E-state index in [1.165, 1.54) is 0 Å². The summed E-state index contributed by atoms with van der Waals surface area (Å²) in [6.07, 6.45) is -2.23. The largest absolute Gasteiger partial charge is 0.497 e. The average molecular weight is 530 g/mol. The Morgan fingerprint density at radius 1 is 1.11 bits per heavy atom. The molecule has 9 heteroatoms. The summed E-state index contributed by atoms with van der Waals surface area (Å²) in [6, 6.07) is 15.3. The highest BCUT2D eigenvalue weighted by Gasteiger charge is 2.47. The molecule has 1 aliphatic rings. The van der Waals surface area contributed by atoms with Gasteiger partial charge in [0.2, 0.25) is 0 Å². The zero-order valence-corrected chi connectivity index (χ0v) is 23.6. The zero-order valence-electron chi connectivity index (χ0n) is 22.6. The molecule has 0 saturated carbocycles. The van der Waals surface area contributed by atoms with E-state index in [-0.39, 0.29) is 24.7 Å². The van der Waals surface area contributed by atoms with E-state index in [9.17, 15) is 14.7 Å². The van der Waals surface area contributed by atoms with Gasteiger partial charge in [-0.1, -0.05) is 51.1 Å². The lowest BCUT2D eigenvalue weighted by Gasteiger charge is -2.37. The lowest BCUT2D eigenvalue weighted by Crippen LogP contribution is -2.46.